The molecule has 7 heteroatoms. The number of nitrogens with one attached hydrogen (secondary N) is 1. The summed E-state index contributed by atoms with van der Waals surface area (Å²) < 4.78 is 2.31. The van der Waals surface area contributed by atoms with Crippen molar-refractivity contribution in [3.8, 4) is 22.5 Å². The number of unbranched alkanes of at least 4 members (excludes halogenated alkanes) is 1. The Morgan fingerprint density at radius 2 is 1.81 bits per heavy atom. The molecule has 0 aliphatic rings. The summed E-state index contributed by atoms with van der Waals surface area (Å²) in [7, 11) is 0. The van der Waals surface area contributed by atoms with Crippen molar-refractivity contribution in [3.05, 3.63) is 77.7 Å². The number of tetrazole rings is 1. The number of pyridine rings is 1. The van der Waals surface area contributed by atoms with Gasteiger partial charge in [-0.25, -0.2) is 15.1 Å². The van der Waals surface area contributed by atoms with Crippen molar-refractivity contribution in [2.24, 2.45) is 0 Å². The SMILES string of the molecule is CCCCc1nc2ncc(C)cc2n1Cc1ccc(-c2ccccc2-c2nnn[nH]2)cc1. The fraction of sp³-hybridized carbons (Fsp3) is 0.240. The molecular weight excluding hydrogens is 398 g/mol. The lowest BCUT2D eigenvalue weighted by molar-refractivity contribution is 0.690. The van der Waals surface area contributed by atoms with Crippen LogP contribution in [0.5, 0.6) is 0 Å². The first kappa shape index (κ1) is 20.1. The van der Waals surface area contributed by atoms with E-state index >= 15 is 0 Å². The van der Waals surface area contributed by atoms with E-state index in [9.17, 15) is 0 Å². The Labute approximate surface area is 186 Å². The quantitative estimate of drug-likeness (QED) is 0.399. The predicted octanol–water partition coefficient (Wildman–Crippen LogP) is 4.98. The van der Waals surface area contributed by atoms with Crippen LogP contribution in [-0.4, -0.2) is 35.2 Å². The minimum atomic E-state index is 0.665. The third kappa shape index (κ3) is 3.89. The lowest BCUT2D eigenvalue weighted by atomic mass is 9.98. The van der Waals surface area contributed by atoms with E-state index in [0.29, 0.717) is 5.82 Å². The number of fused-ring (bicyclic) bond motifs is 1. The fourth-order valence-electron chi connectivity index (χ4n) is 4.04. The molecule has 0 atom stereocenters. The van der Waals surface area contributed by atoms with Gasteiger partial charge in [-0.3, -0.25) is 0 Å². The van der Waals surface area contributed by atoms with Gasteiger partial charge in [0.05, 0.1) is 5.52 Å². The third-order valence-corrected chi connectivity index (χ3v) is 5.71. The number of imidazole rings is 1. The lowest BCUT2D eigenvalue weighted by Crippen LogP contribution is -2.05. The van der Waals surface area contributed by atoms with Gasteiger partial charge in [-0.05, 0) is 52.1 Å². The Kier molecular flexibility index (Phi) is 5.46. The summed E-state index contributed by atoms with van der Waals surface area (Å²) in [5.74, 6) is 1.77. The van der Waals surface area contributed by atoms with E-state index < -0.39 is 0 Å². The summed E-state index contributed by atoms with van der Waals surface area (Å²) in [4.78, 5) is 9.37. The summed E-state index contributed by atoms with van der Waals surface area (Å²) in [6, 6.07) is 19.0. The number of aromatic amines is 1. The molecule has 32 heavy (non-hydrogen) atoms. The van der Waals surface area contributed by atoms with Crippen LogP contribution in [0, 0.1) is 6.92 Å². The molecule has 0 fully saturated rings. The molecule has 5 rings (SSSR count). The molecular formula is C25H25N7. The van der Waals surface area contributed by atoms with Gasteiger partial charge in [-0.1, -0.05) is 61.9 Å². The Balaban J connectivity index is 1.48. The molecule has 3 aromatic heterocycles. The second-order valence-corrected chi connectivity index (χ2v) is 8.07. The molecule has 0 saturated carbocycles. The van der Waals surface area contributed by atoms with E-state index in [-0.39, 0.29) is 0 Å². The zero-order chi connectivity index (χ0) is 21.9. The molecule has 0 unspecified atom stereocenters. The zero-order valence-electron chi connectivity index (χ0n) is 18.3. The lowest BCUT2D eigenvalue weighted by Gasteiger charge is -2.11. The molecule has 0 aliphatic carbocycles. The number of hydrogen-bond acceptors (Lipinski definition) is 5. The van der Waals surface area contributed by atoms with Crippen LogP contribution in [-0.2, 0) is 13.0 Å². The van der Waals surface area contributed by atoms with E-state index in [4.69, 9.17) is 4.98 Å². The van der Waals surface area contributed by atoms with Gasteiger partial charge in [0, 0.05) is 24.7 Å². The van der Waals surface area contributed by atoms with E-state index in [1.165, 1.54) is 5.56 Å². The Hall–Kier alpha value is -3.87. The highest BCUT2D eigenvalue weighted by Gasteiger charge is 2.13. The minimum Gasteiger partial charge on any atom is -0.322 e. The largest absolute Gasteiger partial charge is 0.322 e. The zero-order valence-corrected chi connectivity index (χ0v) is 18.3. The van der Waals surface area contributed by atoms with Crippen LogP contribution in [0.2, 0.25) is 0 Å². The molecule has 160 valence electrons. The fourth-order valence-corrected chi connectivity index (χ4v) is 4.04. The van der Waals surface area contributed by atoms with Crippen molar-refractivity contribution < 1.29 is 0 Å². The van der Waals surface area contributed by atoms with Gasteiger partial charge in [0.25, 0.3) is 0 Å². The van der Waals surface area contributed by atoms with Gasteiger partial charge in [0.2, 0.25) is 0 Å². The molecule has 5 aromatic rings. The maximum atomic E-state index is 4.82. The van der Waals surface area contributed by atoms with E-state index in [1.54, 1.807) is 0 Å². The van der Waals surface area contributed by atoms with Crippen LogP contribution >= 0.6 is 0 Å². The Bertz CT molecular complexity index is 1340. The van der Waals surface area contributed by atoms with Crippen molar-refractivity contribution in [1.29, 1.82) is 0 Å². The average molecular weight is 424 g/mol. The van der Waals surface area contributed by atoms with Gasteiger partial charge in [0.1, 0.15) is 5.82 Å². The van der Waals surface area contributed by atoms with E-state index in [0.717, 1.165) is 65.0 Å². The monoisotopic (exact) mass is 423 g/mol. The molecule has 0 bridgehead atoms. The molecule has 0 aliphatic heterocycles. The van der Waals surface area contributed by atoms with Crippen molar-refractivity contribution in [2.75, 3.05) is 0 Å². The van der Waals surface area contributed by atoms with Crippen LogP contribution in [0.15, 0.2) is 60.8 Å². The normalized spacial score (nSPS) is 11.3. The van der Waals surface area contributed by atoms with Gasteiger partial charge in [-0.15, -0.1) is 5.10 Å². The number of rotatable bonds is 7. The van der Waals surface area contributed by atoms with Crippen LogP contribution in [0.25, 0.3) is 33.7 Å². The van der Waals surface area contributed by atoms with E-state index in [1.807, 2.05) is 24.4 Å². The summed E-state index contributed by atoms with van der Waals surface area (Å²) in [6.45, 7) is 5.06. The standard InChI is InChI=1S/C25H25N7/c1-3-4-9-23-27-25-22(14-17(2)15-26-25)32(23)16-18-10-12-19(13-11-18)20-7-5-6-8-21(20)24-28-30-31-29-24/h5-8,10-15H,3-4,9,16H2,1-2H3,(H,28,29,30,31). The molecule has 2 aromatic carbocycles. The summed E-state index contributed by atoms with van der Waals surface area (Å²) >= 11 is 0. The number of nitrogens with zero attached hydrogens (tertiary/aromatic N) is 6. The van der Waals surface area contributed by atoms with Crippen LogP contribution < -0.4 is 0 Å². The maximum Gasteiger partial charge on any atom is 0.180 e. The topological polar surface area (TPSA) is 85.2 Å². The molecule has 1 N–H and O–H groups in total. The maximum absolute atomic E-state index is 4.82. The highest BCUT2D eigenvalue weighted by Crippen LogP contribution is 2.30. The van der Waals surface area contributed by atoms with Crippen molar-refractivity contribution >= 4 is 11.2 Å². The summed E-state index contributed by atoms with van der Waals surface area (Å²) in [5, 5.41) is 14.4. The van der Waals surface area contributed by atoms with Crippen molar-refractivity contribution in [2.45, 2.75) is 39.7 Å². The number of benzene rings is 2. The van der Waals surface area contributed by atoms with Gasteiger partial charge >= 0.3 is 0 Å². The number of H-pyrrole nitrogens is 1. The average Bonchev–Trinajstić information content (AvgIpc) is 3.47. The number of aromatic nitrogens is 7. The number of hydrogen-bond donors (Lipinski definition) is 1. The summed E-state index contributed by atoms with van der Waals surface area (Å²) in [5.41, 5.74) is 7.50. The van der Waals surface area contributed by atoms with Gasteiger partial charge in [0.15, 0.2) is 11.5 Å². The second-order valence-electron chi connectivity index (χ2n) is 8.07. The van der Waals surface area contributed by atoms with Crippen LogP contribution in [0.1, 0.15) is 36.7 Å². The third-order valence-electron chi connectivity index (χ3n) is 5.71. The molecule has 7 nitrogen and oxygen atoms in total. The van der Waals surface area contributed by atoms with E-state index in [2.05, 4.69) is 80.4 Å². The van der Waals surface area contributed by atoms with Crippen LogP contribution in [0.3, 0.4) is 0 Å². The Morgan fingerprint density at radius 1 is 1.00 bits per heavy atom. The smallest absolute Gasteiger partial charge is 0.180 e. The molecule has 0 saturated heterocycles. The molecule has 3 heterocycles. The van der Waals surface area contributed by atoms with Gasteiger partial charge < -0.3 is 4.57 Å². The second kappa shape index (κ2) is 8.70. The minimum absolute atomic E-state index is 0.665. The predicted molar refractivity (Wildman–Crippen MR) is 125 cm³/mol. The highest BCUT2D eigenvalue weighted by atomic mass is 15.5. The Morgan fingerprint density at radius 3 is 2.56 bits per heavy atom. The highest BCUT2D eigenvalue weighted by molar-refractivity contribution is 5.80. The van der Waals surface area contributed by atoms with Crippen molar-refractivity contribution in [3.63, 3.8) is 0 Å². The van der Waals surface area contributed by atoms with Crippen LogP contribution in [0.4, 0.5) is 0 Å². The van der Waals surface area contributed by atoms with Gasteiger partial charge in [-0.2, -0.15) is 0 Å². The molecule has 0 spiro atoms. The first-order chi connectivity index (χ1) is 15.7. The number of aryl methyl sites for hydroxylation is 2. The first-order valence-corrected chi connectivity index (χ1v) is 11.0. The van der Waals surface area contributed by atoms with Crippen molar-refractivity contribution in [1.82, 2.24) is 35.2 Å². The molecule has 0 radical (unpaired) electrons. The summed E-state index contributed by atoms with van der Waals surface area (Å²) in [6.07, 6.45) is 5.11. The molecule has 0 amide bonds. The first-order valence-electron chi connectivity index (χ1n) is 11.0.